The molecule has 7 nitrogen and oxygen atoms in total. The van der Waals surface area contributed by atoms with Crippen LogP contribution < -0.4 is 16.0 Å². The molecule has 29 heavy (non-hydrogen) atoms. The first-order valence-electron chi connectivity index (χ1n) is 9.67. The molecule has 0 spiro atoms. The van der Waals surface area contributed by atoms with Crippen molar-refractivity contribution >= 4 is 35.8 Å². The lowest BCUT2D eigenvalue weighted by Gasteiger charge is -2.14. The van der Waals surface area contributed by atoms with Crippen molar-refractivity contribution in [2.45, 2.75) is 32.9 Å². The number of nitrogens with zero attached hydrogens (tertiary/aromatic N) is 1. The summed E-state index contributed by atoms with van der Waals surface area (Å²) in [6.45, 7) is 6.53. The van der Waals surface area contributed by atoms with E-state index in [1.54, 1.807) is 12.3 Å². The first-order valence-corrected chi connectivity index (χ1v) is 9.67. The van der Waals surface area contributed by atoms with E-state index in [2.05, 4.69) is 40.0 Å². The van der Waals surface area contributed by atoms with Crippen molar-refractivity contribution in [3.8, 4) is 0 Å². The van der Waals surface area contributed by atoms with Gasteiger partial charge >= 0.3 is 0 Å². The maximum absolute atomic E-state index is 11.9. The number of ether oxygens (including phenoxy) is 1. The van der Waals surface area contributed by atoms with Crippen molar-refractivity contribution in [2.75, 3.05) is 26.2 Å². The van der Waals surface area contributed by atoms with Crippen molar-refractivity contribution in [1.29, 1.82) is 0 Å². The second-order valence-corrected chi connectivity index (χ2v) is 6.26. The van der Waals surface area contributed by atoms with Crippen LogP contribution in [0.5, 0.6) is 0 Å². The number of nitrogens with one attached hydrogen (secondary N) is 3. The highest BCUT2D eigenvalue weighted by Gasteiger charge is 2.05. The van der Waals surface area contributed by atoms with E-state index < -0.39 is 0 Å². The van der Waals surface area contributed by atoms with E-state index in [9.17, 15) is 4.79 Å². The van der Waals surface area contributed by atoms with Gasteiger partial charge in [0.15, 0.2) is 5.96 Å². The summed E-state index contributed by atoms with van der Waals surface area (Å²) in [6, 6.07) is 13.8. The molecule has 0 aliphatic carbocycles. The number of carbonyl (C=O) groups excluding carboxylic acids is 1. The lowest BCUT2D eigenvalue weighted by molar-refractivity contribution is -0.119. The molecule has 1 unspecified atom stereocenters. The fourth-order valence-corrected chi connectivity index (χ4v) is 2.51. The maximum atomic E-state index is 11.9. The Bertz CT molecular complexity index is 708. The highest BCUT2D eigenvalue weighted by Crippen LogP contribution is 2.15. The standard InChI is InChI=1S/C21H30N4O3.HI/c1-3-22-21(25-16-20(26)24-15-19-11-7-13-28-19)23-12-8-14-27-17(2)18-9-5-4-6-10-18;/h4-7,9-11,13,17H,3,8,12,14-16H2,1-2H3,(H,24,26)(H2,22,23,25);1H. The Morgan fingerprint density at radius 3 is 2.62 bits per heavy atom. The molecule has 0 saturated carbocycles. The summed E-state index contributed by atoms with van der Waals surface area (Å²) in [4.78, 5) is 16.2. The Morgan fingerprint density at radius 1 is 1.14 bits per heavy atom. The fraction of sp³-hybridized carbons (Fsp3) is 0.429. The number of hydrogen-bond donors (Lipinski definition) is 3. The number of hydrogen-bond acceptors (Lipinski definition) is 4. The number of amides is 1. The zero-order valence-electron chi connectivity index (χ0n) is 17.0. The molecule has 0 bridgehead atoms. The van der Waals surface area contributed by atoms with Crippen LogP contribution in [-0.2, 0) is 16.1 Å². The van der Waals surface area contributed by atoms with Crippen molar-refractivity contribution in [1.82, 2.24) is 16.0 Å². The van der Waals surface area contributed by atoms with Crippen LogP contribution in [0.2, 0.25) is 0 Å². The normalized spacial score (nSPS) is 12.0. The molecule has 0 saturated heterocycles. The SMILES string of the molecule is CCNC(=NCC(=O)NCc1ccco1)NCCCOC(C)c1ccccc1.I. The molecule has 1 amide bonds. The Kier molecular flexibility index (Phi) is 12.8. The van der Waals surface area contributed by atoms with Gasteiger partial charge in [-0.05, 0) is 38.0 Å². The summed E-state index contributed by atoms with van der Waals surface area (Å²) in [5.41, 5.74) is 1.17. The summed E-state index contributed by atoms with van der Waals surface area (Å²) in [7, 11) is 0. The summed E-state index contributed by atoms with van der Waals surface area (Å²) in [6.07, 6.45) is 2.49. The van der Waals surface area contributed by atoms with Gasteiger partial charge in [-0.3, -0.25) is 4.79 Å². The van der Waals surface area contributed by atoms with E-state index in [0.717, 1.165) is 13.0 Å². The quantitative estimate of drug-likeness (QED) is 0.186. The molecule has 2 aromatic rings. The highest BCUT2D eigenvalue weighted by atomic mass is 127. The van der Waals surface area contributed by atoms with E-state index in [1.807, 2.05) is 31.2 Å². The number of halogens is 1. The molecule has 160 valence electrons. The van der Waals surface area contributed by atoms with E-state index in [1.165, 1.54) is 5.56 Å². The molecule has 0 aliphatic heterocycles. The highest BCUT2D eigenvalue weighted by molar-refractivity contribution is 14.0. The molecule has 1 aromatic carbocycles. The summed E-state index contributed by atoms with van der Waals surface area (Å²) >= 11 is 0. The fourth-order valence-electron chi connectivity index (χ4n) is 2.51. The van der Waals surface area contributed by atoms with Gasteiger partial charge in [-0.25, -0.2) is 4.99 Å². The van der Waals surface area contributed by atoms with Gasteiger partial charge in [0.2, 0.25) is 5.91 Å². The number of benzene rings is 1. The van der Waals surface area contributed by atoms with Crippen molar-refractivity contribution in [3.63, 3.8) is 0 Å². The summed E-state index contributed by atoms with van der Waals surface area (Å²) < 4.78 is 11.0. The van der Waals surface area contributed by atoms with Crippen LogP contribution in [0.15, 0.2) is 58.1 Å². The van der Waals surface area contributed by atoms with Gasteiger partial charge in [0, 0.05) is 19.7 Å². The third-order valence-corrected chi connectivity index (χ3v) is 4.02. The summed E-state index contributed by atoms with van der Waals surface area (Å²) in [5.74, 6) is 1.17. The Balaban J connectivity index is 0.00000420. The summed E-state index contributed by atoms with van der Waals surface area (Å²) in [5, 5.41) is 9.12. The van der Waals surface area contributed by atoms with E-state index >= 15 is 0 Å². The minimum atomic E-state index is -0.159. The number of furan rings is 1. The average Bonchev–Trinajstić information content (AvgIpc) is 3.24. The lowest BCUT2D eigenvalue weighted by Crippen LogP contribution is -2.39. The van der Waals surface area contributed by atoms with E-state index in [4.69, 9.17) is 9.15 Å². The van der Waals surface area contributed by atoms with Crippen molar-refractivity contribution < 1.29 is 13.9 Å². The van der Waals surface area contributed by atoms with Crippen LogP contribution in [-0.4, -0.2) is 38.1 Å². The topological polar surface area (TPSA) is 87.9 Å². The zero-order valence-corrected chi connectivity index (χ0v) is 19.3. The van der Waals surface area contributed by atoms with Crippen molar-refractivity contribution in [3.05, 3.63) is 60.1 Å². The predicted octanol–water partition coefficient (Wildman–Crippen LogP) is 3.24. The third kappa shape index (κ3) is 10.3. The van der Waals surface area contributed by atoms with Crippen LogP contribution in [0.1, 0.15) is 37.7 Å². The van der Waals surface area contributed by atoms with Crippen LogP contribution in [0.3, 0.4) is 0 Å². The predicted molar refractivity (Wildman–Crippen MR) is 125 cm³/mol. The van der Waals surface area contributed by atoms with Crippen LogP contribution in [0.4, 0.5) is 0 Å². The van der Waals surface area contributed by atoms with Gasteiger partial charge in [0.25, 0.3) is 0 Å². The average molecular weight is 514 g/mol. The zero-order chi connectivity index (χ0) is 20.0. The minimum Gasteiger partial charge on any atom is -0.467 e. The monoisotopic (exact) mass is 514 g/mol. The molecule has 1 atom stereocenters. The molecule has 3 N–H and O–H groups in total. The Labute approximate surface area is 189 Å². The first kappa shape index (κ1) is 25.0. The number of carbonyl (C=O) groups is 1. The number of guanidine groups is 1. The molecular formula is C21H31IN4O3. The second kappa shape index (κ2) is 14.9. The number of aliphatic imine (C=N–C) groups is 1. The van der Waals surface area contributed by atoms with Crippen molar-refractivity contribution in [2.24, 2.45) is 4.99 Å². The minimum absolute atomic E-state index is 0. The maximum Gasteiger partial charge on any atom is 0.242 e. The molecule has 0 fully saturated rings. The van der Waals surface area contributed by atoms with Gasteiger partial charge in [-0.15, -0.1) is 24.0 Å². The Morgan fingerprint density at radius 2 is 1.93 bits per heavy atom. The van der Waals surface area contributed by atoms with Gasteiger partial charge in [-0.2, -0.15) is 0 Å². The van der Waals surface area contributed by atoms with Gasteiger partial charge < -0.3 is 25.1 Å². The molecular weight excluding hydrogens is 483 g/mol. The van der Waals surface area contributed by atoms with Crippen LogP contribution in [0, 0.1) is 0 Å². The second-order valence-electron chi connectivity index (χ2n) is 6.26. The number of rotatable bonds is 11. The molecule has 0 radical (unpaired) electrons. The third-order valence-electron chi connectivity index (χ3n) is 4.02. The van der Waals surface area contributed by atoms with Crippen LogP contribution >= 0.6 is 24.0 Å². The smallest absolute Gasteiger partial charge is 0.242 e. The molecule has 0 aliphatic rings. The Hall–Kier alpha value is -2.07. The van der Waals surface area contributed by atoms with Gasteiger partial charge in [-0.1, -0.05) is 30.3 Å². The van der Waals surface area contributed by atoms with E-state index in [-0.39, 0.29) is 42.5 Å². The molecule has 8 heteroatoms. The molecule has 2 rings (SSSR count). The lowest BCUT2D eigenvalue weighted by atomic mass is 10.1. The van der Waals surface area contributed by atoms with E-state index in [0.29, 0.717) is 31.4 Å². The van der Waals surface area contributed by atoms with Gasteiger partial charge in [0.05, 0.1) is 18.9 Å². The largest absolute Gasteiger partial charge is 0.467 e. The van der Waals surface area contributed by atoms with Crippen LogP contribution in [0.25, 0.3) is 0 Å². The molecule has 1 aromatic heterocycles. The molecule has 1 heterocycles. The first-order chi connectivity index (χ1) is 13.7. The van der Waals surface area contributed by atoms with Gasteiger partial charge in [0.1, 0.15) is 12.3 Å².